The molecular weight excluding hydrogens is 286 g/mol. The molecule has 0 aliphatic heterocycles. The van der Waals surface area contributed by atoms with E-state index in [0.29, 0.717) is 6.04 Å². The Kier molecular flexibility index (Phi) is 5.45. The summed E-state index contributed by atoms with van der Waals surface area (Å²) in [5, 5.41) is 3.46. The summed E-state index contributed by atoms with van der Waals surface area (Å²) in [5.41, 5.74) is 3.06. The molecule has 1 aromatic rings. The van der Waals surface area contributed by atoms with Crippen LogP contribution in [0.1, 0.15) is 37.7 Å². The fourth-order valence-corrected chi connectivity index (χ4v) is 2.85. The van der Waals surface area contributed by atoms with Gasteiger partial charge in [0.05, 0.1) is 0 Å². The minimum atomic E-state index is 0.565. The second kappa shape index (κ2) is 7.10. The van der Waals surface area contributed by atoms with E-state index in [2.05, 4.69) is 58.6 Å². The van der Waals surface area contributed by atoms with E-state index in [1.807, 2.05) is 0 Å². The summed E-state index contributed by atoms with van der Waals surface area (Å²) in [6.07, 6.45) is 10.1. The molecule has 1 unspecified atom stereocenters. The van der Waals surface area contributed by atoms with E-state index in [1.165, 1.54) is 37.7 Å². The first kappa shape index (κ1) is 13.8. The van der Waals surface area contributed by atoms with E-state index in [9.17, 15) is 0 Å². The van der Waals surface area contributed by atoms with E-state index in [4.69, 9.17) is 0 Å². The third-order valence-corrected chi connectivity index (χ3v) is 4.23. The maximum absolute atomic E-state index is 3.48. The second-order valence-electron chi connectivity index (χ2n) is 5.13. The predicted molar refractivity (Wildman–Crippen MR) is 81.9 cm³/mol. The lowest BCUT2D eigenvalue weighted by atomic mass is 9.92. The summed E-state index contributed by atoms with van der Waals surface area (Å²) in [4.78, 5) is 0. The quantitative estimate of drug-likeness (QED) is 0.791. The predicted octanol–water partition coefficient (Wildman–Crippen LogP) is 4.47. The van der Waals surface area contributed by atoms with Crippen molar-refractivity contribution in [1.82, 2.24) is 5.32 Å². The molecule has 0 bridgehead atoms. The molecule has 18 heavy (non-hydrogen) atoms. The average molecular weight is 308 g/mol. The van der Waals surface area contributed by atoms with Gasteiger partial charge in [0.1, 0.15) is 0 Å². The van der Waals surface area contributed by atoms with E-state index < -0.39 is 0 Å². The van der Waals surface area contributed by atoms with Crippen LogP contribution in [0.3, 0.4) is 0 Å². The molecule has 1 atom stereocenters. The summed E-state index contributed by atoms with van der Waals surface area (Å²) in [6, 6.07) is 9.24. The van der Waals surface area contributed by atoms with Gasteiger partial charge in [0.25, 0.3) is 0 Å². The number of benzene rings is 1. The van der Waals surface area contributed by atoms with Gasteiger partial charge in [-0.05, 0) is 63.3 Å². The highest BCUT2D eigenvalue weighted by Crippen LogP contribution is 2.22. The molecule has 2 rings (SSSR count). The van der Waals surface area contributed by atoms with E-state index in [0.717, 1.165) is 10.9 Å². The number of hydrogen-bond acceptors (Lipinski definition) is 1. The van der Waals surface area contributed by atoms with Gasteiger partial charge in [-0.1, -0.05) is 39.7 Å². The third kappa shape index (κ3) is 4.25. The Hall–Kier alpha value is -0.600. The lowest BCUT2D eigenvalue weighted by molar-refractivity contribution is 0.532. The van der Waals surface area contributed by atoms with Crippen molar-refractivity contribution in [2.24, 2.45) is 0 Å². The molecule has 0 saturated carbocycles. The van der Waals surface area contributed by atoms with Gasteiger partial charge < -0.3 is 5.32 Å². The molecule has 98 valence electrons. The molecule has 1 aromatic carbocycles. The minimum Gasteiger partial charge on any atom is -0.316 e. The molecule has 1 nitrogen and oxygen atoms in total. The average Bonchev–Trinajstić information content (AvgIpc) is 2.41. The fraction of sp³-hybridized carbons (Fsp3) is 0.500. The van der Waals surface area contributed by atoms with Gasteiger partial charge in [-0.2, -0.15) is 0 Å². The molecule has 0 heterocycles. The van der Waals surface area contributed by atoms with Crippen LogP contribution in [0, 0.1) is 0 Å². The zero-order valence-electron chi connectivity index (χ0n) is 11.1. The van der Waals surface area contributed by atoms with Crippen molar-refractivity contribution in [2.75, 3.05) is 7.05 Å². The third-order valence-electron chi connectivity index (χ3n) is 3.70. The van der Waals surface area contributed by atoms with E-state index in [-0.39, 0.29) is 0 Å². The van der Waals surface area contributed by atoms with Gasteiger partial charge in [-0.3, -0.25) is 0 Å². The molecule has 1 N–H and O–H groups in total. The zero-order valence-corrected chi connectivity index (χ0v) is 12.7. The van der Waals surface area contributed by atoms with Crippen molar-refractivity contribution >= 4 is 15.9 Å². The van der Waals surface area contributed by atoms with Crippen LogP contribution in [0.4, 0.5) is 0 Å². The van der Waals surface area contributed by atoms with Crippen LogP contribution >= 0.6 is 15.9 Å². The summed E-state index contributed by atoms with van der Waals surface area (Å²) < 4.78 is 1.15. The highest BCUT2D eigenvalue weighted by molar-refractivity contribution is 9.10. The first-order valence-corrected chi connectivity index (χ1v) is 7.67. The van der Waals surface area contributed by atoms with Crippen molar-refractivity contribution in [2.45, 2.75) is 44.6 Å². The van der Waals surface area contributed by atoms with Crippen LogP contribution in [0.5, 0.6) is 0 Å². The first-order valence-electron chi connectivity index (χ1n) is 6.87. The Labute approximate surface area is 119 Å². The smallest absolute Gasteiger partial charge is 0.0175 e. The van der Waals surface area contributed by atoms with Gasteiger partial charge >= 0.3 is 0 Å². The topological polar surface area (TPSA) is 12.0 Å². The standard InChI is InChI=1S/C16H22BrN/c1-18-16(11-13-5-3-2-4-6-13)12-14-7-9-15(17)10-8-14/h5,7-10,16,18H,2-4,6,11-12H2,1H3. The molecular formula is C16H22BrN. The number of likely N-dealkylation sites (N-methyl/N-ethyl adjacent to an activating group) is 1. The Morgan fingerprint density at radius 3 is 2.56 bits per heavy atom. The molecule has 0 spiro atoms. The van der Waals surface area contributed by atoms with E-state index >= 15 is 0 Å². The highest BCUT2D eigenvalue weighted by atomic mass is 79.9. The Bertz CT molecular complexity index is 394. The summed E-state index contributed by atoms with van der Waals surface area (Å²) in [5.74, 6) is 0. The van der Waals surface area contributed by atoms with Crippen LogP contribution in [-0.2, 0) is 6.42 Å². The summed E-state index contributed by atoms with van der Waals surface area (Å²) in [7, 11) is 2.08. The molecule has 1 aliphatic carbocycles. The van der Waals surface area contributed by atoms with Crippen molar-refractivity contribution < 1.29 is 0 Å². The maximum Gasteiger partial charge on any atom is 0.0175 e. The van der Waals surface area contributed by atoms with Gasteiger partial charge in [-0.25, -0.2) is 0 Å². The number of hydrogen-bond donors (Lipinski definition) is 1. The maximum atomic E-state index is 3.48. The zero-order chi connectivity index (χ0) is 12.8. The number of nitrogens with one attached hydrogen (secondary N) is 1. The van der Waals surface area contributed by atoms with Crippen molar-refractivity contribution in [1.29, 1.82) is 0 Å². The second-order valence-corrected chi connectivity index (χ2v) is 6.04. The minimum absolute atomic E-state index is 0.565. The largest absolute Gasteiger partial charge is 0.316 e. The molecule has 0 radical (unpaired) electrons. The van der Waals surface area contributed by atoms with E-state index in [1.54, 1.807) is 5.57 Å². The van der Waals surface area contributed by atoms with Gasteiger partial charge in [0.15, 0.2) is 0 Å². The molecule has 0 fully saturated rings. The lowest BCUT2D eigenvalue weighted by Crippen LogP contribution is -2.28. The first-order chi connectivity index (χ1) is 8.78. The Morgan fingerprint density at radius 1 is 1.17 bits per heavy atom. The lowest BCUT2D eigenvalue weighted by Gasteiger charge is -2.20. The normalized spacial score (nSPS) is 17.3. The molecule has 0 amide bonds. The number of rotatable bonds is 5. The van der Waals surface area contributed by atoms with Crippen LogP contribution in [0.25, 0.3) is 0 Å². The molecule has 2 heteroatoms. The van der Waals surface area contributed by atoms with Crippen LogP contribution in [0.2, 0.25) is 0 Å². The fourth-order valence-electron chi connectivity index (χ4n) is 2.59. The van der Waals surface area contributed by atoms with Crippen molar-refractivity contribution in [3.8, 4) is 0 Å². The monoisotopic (exact) mass is 307 g/mol. The Morgan fingerprint density at radius 2 is 1.94 bits per heavy atom. The Balaban J connectivity index is 1.92. The number of allylic oxidation sites excluding steroid dienone is 1. The van der Waals surface area contributed by atoms with Gasteiger partial charge in [0.2, 0.25) is 0 Å². The van der Waals surface area contributed by atoms with Gasteiger partial charge in [0, 0.05) is 10.5 Å². The summed E-state index contributed by atoms with van der Waals surface area (Å²) in [6.45, 7) is 0. The van der Waals surface area contributed by atoms with Crippen molar-refractivity contribution in [3.05, 3.63) is 46.0 Å². The molecule has 0 saturated heterocycles. The van der Waals surface area contributed by atoms with Gasteiger partial charge in [-0.15, -0.1) is 0 Å². The van der Waals surface area contributed by atoms with Crippen LogP contribution < -0.4 is 5.32 Å². The number of halogens is 1. The molecule has 1 aliphatic rings. The van der Waals surface area contributed by atoms with Crippen LogP contribution in [-0.4, -0.2) is 13.1 Å². The van der Waals surface area contributed by atoms with Crippen molar-refractivity contribution in [3.63, 3.8) is 0 Å². The SMILES string of the molecule is CNC(CC1=CCCCC1)Cc1ccc(Br)cc1. The van der Waals surface area contributed by atoms with Crippen LogP contribution in [0.15, 0.2) is 40.4 Å². The highest BCUT2D eigenvalue weighted by Gasteiger charge is 2.11. The molecule has 0 aromatic heterocycles. The summed E-state index contributed by atoms with van der Waals surface area (Å²) >= 11 is 3.48.